The molecule has 0 amide bonds. The van der Waals surface area contributed by atoms with Crippen molar-refractivity contribution in [1.29, 1.82) is 0 Å². The summed E-state index contributed by atoms with van der Waals surface area (Å²) in [5, 5.41) is 0. The van der Waals surface area contributed by atoms with Gasteiger partial charge in [-0.2, -0.15) is 0 Å². The molecule has 22 heavy (non-hydrogen) atoms. The van der Waals surface area contributed by atoms with Crippen LogP contribution in [0.5, 0.6) is 0 Å². The van der Waals surface area contributed by atoms with E-state index in [1.165, 1.54) is 10.6 Å². The average Bonchev–Trinajstić information content (AvgIpc) is 2.55. The van der Waals surface area contributed by atoms with Crippen LogP contribution in [-0.4, -0.2) is 47.0 Å². The molecule has 1 atom stereocenters. The first-order chi connectivity index (χ1) is 10.5. The minimum Gasteiger partial charge on any atom is -0.264 e. The number of piperidine rings is 1. The Bertz CT molecular complexity index is 732. The van der Waals surface area contributed by atoms with E-state index < -0.39 is 10.0 Å². The van der Waals surface area contributed by atoms with Crippen LogP contribution in [0.25, 0.3) is 11.3 Å². The zero-order valence-electron chi connectivity index (χ0n) is 12.4. The fourth-order valence-electron chi connectivity index (χ4n) is 2.70. The number of hydrogen-bond donors (Lipinski definition) is 0. The molecule has 1 saturated heterocycles. The van der Waals surface area contributed by atoms with Crippen molar-refractivity contribution in [1.82, 2.24) is 19.3 Å². The molecule has 7 heteroatoms. The predicted molar refractivity (Wildman–Crippen MR) is 83.7 cm³/mol. The molecule has 0 N–H and O–H groups in total. The smallest absolute Gasteiger partial charge is 0.211 e. The number of rotatable bonds is 3. The van der Waals surface area contributed by atoms with E-state index >= 15 is 0 Å². The molecule has 6 nitrogen and oxygen atoms in total. The summed E-state index contributed by atoms with van der Waals surface area (Å²) in [6.45, 7) is 1.08. The Balaban J connectivity index is 1.78. The molecule has 0 aromatic carbocycles. The second-order valence-electron chi connectivity index (χ2n) is 5.53. The summed E-state index contributed by atoms with van der Waals surface area (Å²) in [4.78, 5) is 13.0. The Kier molecular flexibility index (Phi) is 4.17. The Morgan fingerprint density at radius 3 is 2.73 bits per heavy atom. The van der Waals surface area contributed by atoms with Crippen LogP contribution in [0.15, 0.2) is 36.9 Å². The third-order valence-electron chi connectivity index (χ3n) is 3.90. The van der Waals surface area contributed by atoms with Crippen LogP contribution in [-0.2, 0) is 10.0 Å². The Hall–Kier alpha value is -1.86. The minimum atomic E-state index is -3.14. The highest BCUT2D eigenvalue weighted by atomic mass is 32.2. The molecule has 2 aromatic heterocycles. The molecule has 2 aromatic rings. The molecule has 3 rings (SSSR count). The second-order valence-corrected chi connectivity index (χ2v) is 7.51. The fraction of sp³-hybridized carbons (Fsp3) is 0.400. The summed E-state index contributed by atoms with van der Waals surface area (Å²) in [5.74, 6) is 0.110. The van der Waals surface area contributed by atoms with Gasteiger partial charge in [-0.05, 0) is 25.0 Å². The number of hydrogen-bond acceptors (Lipinski definition) is 5. The molecule has 1 aliphatic heterocycles. The summed E-state index contributed by atoms with van der Waals surface area (Å²) in [7, 11) is -3.14. The molecule has 0 saturated carbocycles. The van der Waals surface area contributed by atoms with Crippen LogP contribution in [0.1, 0.15) is 24.5 Å². The zero-order valence-corrected chi connectivity index (χ0v) is 13.2. The van der Waals surface area contributed by atoms with Crippen molar-refractivity contribution in [2.45, 2.75) is 18.8 Å². The van der Waals surface area contributed by atoms with Gasteiger partial charge in [0.05, 0.1) is 23.8 Å². The molecule has 0 radical (unpaired) electrons. The van der Waals surface area contributed by atoms with E-state index in [-0.39, 0.29) is 5.92 Å². The topological polar surface area (TPSA) is 76.1 Å². The van der Waals surface area contributed by atoms with Gasteiger partial charge in [0, 0.05) is 43.2 Å². The SMILES string of the molecule is CS(=O)(=O)N1CCC[C@H](c2cnc(-c3cccnc3)cn2)C1. The van der Waals surface area contributed by atoms with Gasteiger partial charge in [-0.3, -0.25) is 15.0 Å². The van der Waals surface area contributed by atoms with Crippen molar-refractivity contribution in [3.63, 3.8) is 0 Å². The zero-order chi connectivity index (χ0) is 15.6. The van der Waals surface area contributed by atoms with Crippen molar-refractivity contribution in [2.24, 2.45) is 0 Å². The number of aromatic nitrogens is 3. The first-order valence-corrected chi connectivity index (χ1v) is 9.06. The summed E-state index contributed by atoms with van der Waals surface area (Å²) in [5.41, 5.74) is 2.54. The van der Waals surface area contributed by atoms with Gasteiger partial charge in [-0.1, -0.05) is 0 Å². The quantitative estimate of drug-likeness (QED) is 0.860. The van der Waals surface area contributed by atoms with E-state index in [9.17, 15) is 8.42 Å². The van der Waals surface area contributed by atoms with Gasteiger partial charge < -0.3 is 0 Å². The van der Waals surface area contributed by atoms with Crippen LogP contribution in [0.4, 0.5) is 0 Å². The van der Waals surface area contributed by atoms with Crippen molar-refractivity contribution in [2.75, 3.05) is 19.3 Å². The lowest BCUT2D eigenvalue weighted by Crippen LogP contribution is -2.38. The fourth-order valence-corrected chi connectivity index (χ4v) is 3.61. The maximum Gasteiger partial charge on any atom is 0.211 e. The molecule has 0 unspecified atom stereocenters. The number of nitrogens with zero attached hydrogens (tertiary/aromatic N) is 4. The third kappa shape index (κ3) is 3.31. The summed E-state index contributed by atoms with van der Waals surface area (Å²) in [6.07, 6.45) is 9.98. The monoisotopic (exact) mass is 318 g/mol. The first kappa shape index (κ1) is 15.1. The van der Waals surface area contributed by atoms with Crippen LogP contribution < -0.4 is 0 Å². The van der Waals surface area contributed by atoms with Gasteiger partial charge >= 0.3 is 0 Å². The molecule has 1 aliphatic rings. The Morgan fingerprint density at radius 2 is 2.09 bits per heavy atom. The maximum absolute atomic E-state index is 11.7. The molecule has 0 bridgehead atoms. The average molecular weight is 318 g/mol. The first-order valence-electron chi connectivity index (χ1n) is 7.21. The van der Waals surface area contributed by atoms with E-state index in [4.69, 9.17) is 0 Å². The molecule has 116 valence electrons. The Morgan fingerprint density at radius 1 is 1.23 bits per heavy atom. The predicted octanol–water partition coefficient (Wildman–Crippen LogP) is 1.68. The van der Waals surface area contributed by atoms with E-state index in [1.54, 1.807) is 24.8 Å². The second kappa shape index (κ2) is 6.10. The Labute approximate surface area is 130 Å². The lowest BCUT2D eigenvalue weighted by molar-refractivity contribution is 0.314. The molecule has 0 aliphatic carbocycles. The van der Waals surface area contributed by atoms with Gasteiger partial charge in [-0.15, -0.1) is 0 Å². The molecule has 3 heterocycles. The largest absolute Gasteiger partial charge is 0.264 e. The van der Waals surface area contributed by atoms with Gasteiger partial charge in [0.2, 0.25) is 10.0 Å². The van der Waals surface area contributed by atoms with Crippen LogP contribution in [0.2, 0.25) is 0 Å². The van der Waals surface area contributed by atoms with Crippen molar-refractivity contribution < 1.29 is 8.42 Å². The molecular formula is C15H18N4O2S. The summed E-state index contributed by atoms with van der Waals surface area (Å²) < 4.78 is 24.9. The van der Waals surface area contributed by atoms with Gasteiger partial charge in [0.1, 0.15) is 0 Å². The summed E-state index contributed by atoms with van der Waals surface area (Å²) in [6, 6.07) is 3.79. The summed E-state index contributed by atoms with van der Waals surface area (Å²) >= 11 is 0. The van der Waals surface area contributed by atoms with Crippen LogP contribution in [0, 0.1) is 0 Å². The van der Waals surface area contributed by atoms with Crippen LogP contribution in [0.3, 0.4) is 0 Å². The van der Waals surface area contributed by atoms with Gasteiger partial charge in [0.25, 0.3) is 0 Å². The molecule has 0 spiro atoms. The highest BCUT2D eigenvalue weighted by molar-refractivity contribution is 7.88. The van der Waals surface area contributed by atoms with Crippen molar-refractivity contribution >= 4 is 10.0 Å². The molecular weight excluding hydrogens is 300 g/mol. The van der Waals surface area contributed by atoms with E-state index in [2.05, 4.69) is 15.0 Å². The lowest BCUT2D eigenvalue weighted by Gasteiger charge is -2.30. The van der Waals surface area contributed by atoms with Gasteiger partial charge in [-0.25, -0.2) is 12.7 Å². The minimum absolute atomic E-state index is 0.110. The highest BCUT2D eigenvalue weighted by Gasteiger charge is 2.27. The van der Waals surface area contributed by atoms with Gasteiger partial charge in [0.15, 0.2) is 0 Å². The van der Waals surface area contributed by atoms with Crippen LogP contribution >= 0.6 is 0 Å². The number of pyridine rings is 1. The van der Waals surface area contributed by atoms with Crippen molar-refractivity contribution in [3.05, 3.63) is 42.6 Å². The lowest BCUT2D eigenvalue weighted by atomic mass is 9.96. The normalized spacial score (nSPS) is 20.0. The van der Waals surface area contributed by atoms with E-state index in [1.807, 2.05) is 12.1 Å². The maximum atomic E-state index is 11.7. The van der Waals surface area contributed by atoms with E-state index in [0.717, 1.165) is 29.8 Å². The standard InChI is InChI=1S/C15H18N4O2S/c1-22(20,21)19-7-3-5-13(11-19)15-10-17-14(9-18-15)12-4-2-6-16-8-12/h2,4,6,8-10,13H,3,5,7,11H2,1H3/t13-/m0/s1. The molecule has 1 fully saturated rings. The third-order valence-corrected chi connectivity index (χ3v) is 5.17. The van der Waals surface area contributed by atoms with Crippen molar-refractivity contribution in [3.8, 4) is 11.3 Å². The van der Waals surface area contributed by atoms with E-state index in [0.29, 0.717) is 13.1 Å². The highest BCUT2D eigenvalue weighted by Crippen LogP contribution is 2.27. The number of sulfonamides is 1.